The molecule has 2 aromatic rings. The summed E-state index contributed by atoms with van der Waals surface area (Å²) < 4.78 is 5.77. The van der Waals surface area contributed by atoms with Gasteiger partial charge in [0.15, 0.2) is 6.33 Å². The largest absolute Gasteiger partial charge is 0.491 e. The molecule has 0 aliphatic rings. The van der Waals surface area contributed by atoms with Crippen LogP contribution < -0.4 is 0 Å². The number of ether oxygens (including phenoxy) is 1. The molecule has 5 nitrogen and oxygen atoms in total. The Morgan fingerprint density at radius 1 is 1.40 bits per heavy atom. The van der Waals surface area contributed by atoms with Crippen molar-refractivity contribution in [2.24, 2.45) is 0 Å². The Morgan fingerprint density at radius 2 is 2.25 bits per heavy atom. The number of nitrogens with zero attached hydrogens (tertiary/aromatic N) is 4. The van der Waals surface area contributed by atoms with Gasteiger partial charge in [0.05, 0.1) is 17.8 Å². The third-order valence-electron chi connectivity index (χ3n) is 2.55. The van der Waals surface area contributed by atoms with Gasteiger partial charge in [0.1, 0.15) is 5.76 Å². The Hall–Kier alpha value is -1.59. The van der Waals surface area contributed by atoms with E-state index in [1.165, 1.54) is 11.1 Å². The van der Waals surface area contributed by atoms with Gasteiger partial charge in [0.2, 0.25) is 0 Å². The van der Waals surface area contributed by atoms with E-state index in [0.717, 1.165) is 18.4 Å². The summed E-state index contributed by atoms with van der Waals surface area (Å²) in [5, 5.41) is 12.5. The van der Waals surface area contributed by atoms with Gasteiger partial charge >= 0.3 is 0 Å². The third kappa shape index (κ3) is 3.95. The lowest BCUT2D eigenvalue weighted by atomic mass is 10.2. The zero-order valence-electron chi connectivity index (χ0n) is 11.0. The molecule has 106 valence electrons. The van der Waals surface area contributed by atoms with Crippen LogP contribution in [-0.4, -0.2) is 26.8 Å². The van der Waals surface area contributed by atoms with E-state index in [-0.39, 0.29) is 0 Å². The highest BCUT2D eigenvalue weighted by atomic mass is 35.5. The molecule has 1 heterocycles. The summed E-state index contributed by atoms with van der Waals surface area (Å²) in [5.41, 5.74) is 0.740. The lowest BCUT2D eigenvalue weighted by Gasteiger charge is -2.11. The van der Waals surface area contributed by atoms with Crippen LogP contribution in [0.15, 0.2) is 24.5 Å². The molecule has 0 saturated carbocycles. The Balaban J connectivity index is 2.30. The fraction of sp³-hybridized carbons (Fsp3) is 0.308. The molecule has 0 N–H and O–H groups in total. The monoisotopic (exact) mass is 312 g/mol. The van der Waals surface area contributed by atoms with Gasteiger partial charge in [-0.3, -0.25) is 0 Å². The molecule has 0 spiro atoms. The second-order valence-corrected chi connectivity index (χ2v) is 4.92. The Bertz CT molecular complexity index is 584. The first-order valence-electron chi connectivity index (χ1n) is 6.23. The molecule has 20 heavy (non-hydrogen) atoms. The highest BCUT2D eigenvalue weighted by molar-refractivity contribution is 6.35. The lowest BCUT2D eigenvalue weighted by molar-refractivity contribution is 0.271. The Kier molecular flexibility index (Phi) is 5.38. The first kappa shape index (κ1) is 14.8. The van der Waals surface area contributed by atoms with Crippen molar-refractivity contribution in [3.05, 3.63) is 40.1 Å². The first-order chi connectivity index (χ1) is 9.70. The van der Waals surface area contributed by atoms with Crippen molar-refractivity contribution >= 4 is 35.2 Å². The predicted octanol–water partition coefficient (Wildman–Crippen LogP) is 3.75. The van der Waals surface area contributed by atoms with Crippen molar-refractivity contribution in [1.82, 2.24) is 20.2 Å². The van der Waals surface area contributed by atoms with E-state index in [2.05, 4.69) is 22.3 Å². The molecule has 0 saturated heterocycles. The van der Waals surface area contributed by atoms with E-state index in [1.807, 2.05) is 0 Å². The lowest BCUT2D eigenvalue weighted by Crippen LogP contribution is -2.00. The number of benzene rings is 1. The number of unbranched alkanes of at least 4 members (excludes halogenated alkanes) is 1. The molecule has 0 atom stereocenters. The number of tetrazole rings is 1. The molecule has 2 rings (SSSR count). The normalized spacial score (nSPS) is 11.7. The predicted molar refractivity (Wildman–Crippen MR) is 79.3 cm³/mol. The molecule has 1 aromatic heterocycles. The van der Waals surface area contributed by atoms with Crippen LogP contribution in [0.5, 0.6) is 0 Å². The summed E-state index contributed by atoms with van der Waals surface area (Å²) in [6.07, 6.45) is 4.98. The minimum Gasteiger partial charge on any atom is -0.491 e. The van der Waals surface area contributed by atoms with E-state index < -0.39 is 0 Å². The van der Waals surface area contributed by atoms with Gasteiger partial charge < -0.3 is 4.74 Å². The van der Waals surface area contributed by atoms with Crippen LogP contribution in [0.25, 0.3) is 12.0 Å². The van der Waals surface area contributed by atoms with E-state index in [1.54, 1.807) is 24.4 Å². The van der Waals surface area contributed by atoms with Gasteiger partial charge in [0, 0.05) is 10.6 Å². The topological polar surface area (TPSA) is 52.8 Å². The summed E-state index contributed by atoms with van der Waals surface area (Å²) in [5.74, 6) is 0.582. The molecule has 0 amide bonds. The molecule has 7 heteroatoms. The summed E-state index contributed by atoms with van der Waals surface area (Å²) in [4.78, 5) is 1.33. The van der Waals surface area contributed by atoms with Crippen molar-refractivity contribution in [1.29, 1.82) is 0 Å². The van der Waals surface area contributed by atoms with Crippen LogP contribution in [-0.2, 0) is 4.74 Å². The molecule has 1 aromatic carbocycles. The minimum absolute atomic E-state index is 0.514. The number of halogens is 2. The van der Waals surface area contributed by atoms with Gasteiger partial charge in [-0.1, -0.05) is 36.5 Å². The van der Waals surface area contributed by atoms with Crippen LogP contribution in [0, 0.1) is 0 Å². The van der Waals surface area contributed by atoms with Crippen molar-refractivity contribution in [3.63, 3.8) is 0 Å². The van der Waals surface area contributed by atoms with Crippen molar-refractivity contribution in [3.8, 4) is 0 Å². The van der Waals surface area contributed by atoms with E-state index >= 15 is 0 Å². The molecule has 0 bridgehead atoms. The fourth-order valence-electron chi connectivity index (χ4n) is 1.54. The summed E-state index contributed by atoms with van der Waals surface area (Å²) in [6, 6.07) is 5.23. The summed E-state index contributed by atoms with van der Waals surface area (Å²) >= 11 is 12.1. The number of rotatable bonds is 6. The standard InChI is InChI=1S/C13H14Cl2N4O/c1-2-3-6-20-13(8-19-17-9-16-18-19)11-5-4-10(14)7-12(11)15/h4-5,7-9H,2-3,6H2,1H3/b13-8-. The summed E-state index contributed by atoms with van der Waals surface area (Å²) in [6.45, 7) is 2.69. The zero-order chi connectivity index (χ0) is 14.4. The molecule has 0 aliphatic heterocycles. The average molecular weight is 313 g/mol. The number of aromatic nitrogens is 4. The maximum atomic E-state index is 6.21. The molecule has 0 radical (unpaired) electrons. The van der Waals surface area contributed by atoms with Crippen LogP contribution in [0.4, 0.5) is 0 Å². The quantitative estimate of drug-likeness (QED) is 0.602. The van der Waals surface area contributed by atoms with E-state index in [9.17, 15) is 0 Å². The zero-order valence-corrected chi connectivity index (χ0v) is 12.5. The Morgan fingerprint density at radius 3 is 2.90 bits per heavy atom. The number of hydrogen-bond donors (Lipinski definition) is 0. The fourth-order valence-corrected chi connectivity index (χ4v) is 2.04. The first-order valence-corrected chi connectivity index (χ1v) is 6.99. The van der Waals surface area contributed by atoms with Gasteiger partial charge in [-0.25, -0.2) is 0 Å². The van der Waals surface area contributed by atoms with Gasteiger partial charge in [-0.05, 0) is 29.8 Å². The highest BCUT2D eigenvalue weighted by Crippen LogP contribution is 2.28. The van der Waals surface area contributed by atoms with Gasteiger partial charge in [0.25, 0.3) is 0 Å². The van der Waals surface area contributed by atoms with Crippen molar-refractivity contribution in [2.75, 3.05) is 6.61 Å². The second-order valence-electron chi connectivity index (χ2n) is 4.08. The second kappa shape index (κ2) is 7.26. The summed E-state index contributed by atoms with van der Waals surface area (Å²) in [7, 11) is 0. The van der Waals surface area contributed by atoms with Crippen LogP contribution in [0.2, 0.25) is 10.0 Å². The Labute approximate surface area is 127 Å². The highest BCUT2D eigenvalue weighted by Gasteiger charge is 2.10. The van der Waals surface area contributed by atoms with Gasteiger partial charge in [-0.2, -0.15) is 0 Å². The van der Waals surface area contributed by atoms with Crippen LogP contribution >= 0.6 is 23.2 Å². The molecule has 0 aliphatic carbocycles. The minimum atomic E-state index is 0.514. The number of hydrogen-bond acceptors (Lipinski definition) is 4. The van der Waals surface area contributed by atoms with Crippen molar-refractivity contribution < 1.29 is 4.74 Å². The molecule has 0 fully saturated rings. The average Bonchev–Trinajstić information content (AvgIpc) is 2.91. The molecular weight excluding hydrogens is 299 g/mol. The SMILES string of the molecule is CCCCO/C(=C\n1ncnn1)c1ccc(Cl)cc1Cl. The maximum absolute atomic E-state index is 6.21. The van der Waals surface area contributed by atoms with E-state index in [0.29, 0.717) is 22.4 Å². The molecular formula is C13H14Cl2N4O. The maximum Gasteiger partial charge on any atom is 0.162 e. The van der Waals surface area contributed by atoms with E-state index in [4.69, 9.17) is 27.9 Å². The van der Waals surface area contributed by atoms with Crippen LogP contribution in [0.3, 0.4) is 0 Å². The van der Waals surface area contributed by atoms with Crippen molar-refractivity contribution in [2.45, 2.75) is 19.8 Å². The smallest absolute Gasteiger partial charge is 0.162 e. The molecule has 0 unspecified atom stereocenters. The van der Waals surface area contributed by atoms with Crippen LogP contribution in [0.1, 0.15) is 25.3 Å². The van der Waals surface area contributed by atoms with Gasteiger partial charge in [-0.15, -0.1) is 15.0 Å². The third-order valence-corrected chi connectivity index (χ3v) is 3.10.